The van der Waals surface area contributed by atoms with Gasteiger partial charge in [-0.1, -0.05) is 23.8 Å². The summed E-state index contributed by atoms with van der Waals surface area (Å²) in [6, 6.07) is 6.94. The van der Waals surface area contributed by atoms with Crippen LogP contribution in [0, 0.1) is 13.8 Å². The first-order chi connectivity index (χ1) is 8.66. The summed E-state index contributed by atoms with van der Waals surface area (Å²) in [5, 5.41) is 3.53. The topological polar surface area (TPSA) is 30.5 Å². The molecule has 1 N–H and O–H groups in total. The summed E-state index contributed by atoms with van der Waals surface area (Å²) < 4.78 is 11.0. The highest BCUT2D eigenvalue weighted by atomic mass is 16.6. The van der Waals surface area contributed by atoms with Crippen LogP contribution < -0.4 is 5.32 Å². The molecule has 1 aromatic rings. The van der Waals surface area contributed by atoms with Gasteiger partial charge >= 0.3 is 0 Å². The van der Waals surface area contributed by atoms with E-state index < -0.39 is 0 Å². The number of benzene rings is 1. The molecule has 1 aliphatic heterocycles. The maximum Gasteiger partial charge on any atom is 0.0933 e. The van der Waals surface area contributed by atoms with Crippen LogP contribution in [0.15, 0.2) is 18.2 Å². The van der Waals surface area contributed by atoms with Crippen molar-refractivity contribution in [2.45, 2.75) is 32.9 Å². The van der Waals surface area contributed by atoms with E-state index in [0.29, 0.717) is 19.3 Å². The van der Waals surface area contributed by atoms with E-state index >= 15 is 0 Å². The van der Waals surface area contributed by atoms with E-state index in [1.54, 1.807) is 0 Å². The minimum Gasteiger partial charge on any atom is -0.376 e. The maximum absolute atomic E-state index is 5.63. The molecule has 2 unspecified atom stereocenters. The van der Waals surface area contributed by atoms with Crippen molar-refractivity contribution in [3.05, 3.63) is 34.9 Å². The van der Waals surface area contributed by atoms with Gasteiger partial charge in [0.05, 0.1) is 25.9 Å². The Kier molecular flexibility index (Phi) is 4.75. The minimum atomic E-state index is 0.186. The average molecular weight is 249 g/mol. The summed E-state index contributed by atoms with van der Waals surface area (Å²) in [6.45, 7) is 9.47. The molecule has 1 heterocycles. The average Bonchev–Trinajstić information content (AvgIpc) is 2.40. The third-order valence-electron chi connectivity index (χ3n) is 3.44. The molecule has 1 aromatic carbocycles. The Bertz CT molecular complexity index is 386. The van der Waals surface area contributed by atoms with Crippen molar-refractivity contribution in [1.29, 1.82) is 0 Å². The predicted octanol–water partition coefficient (Wildman–Crippen LogP) is 2.37. The quantitative estimate of drug-likeness (QED) is 0.888. The number of hydrogen-bond donors (Lipinski definition) is 1. The summed E-state index contributed by atoms with van der Waals surface area (Å²) in [5.74, 6) is 0. The Labute approximate surface area is 109 Å². The van der Waals surface area contributed by atoms with Gasteiger partial charge in [-0.15, -0.1) is 0 Å². The monoisotopic (exact) mass is 249 g/mol. The smallest absolute Gasteiger partial charge is 0.0933 e. The molecule has 0 amide bonds. The van der Waals surface area contributed by atoms with Gasteiger partial charge in [-0.25, -0.2) is 0 Å². The van der Waals surface area contributed by atoms with Crippen molar-refractivity contribution < 1.29 is 9.47 Å². The van der Waals surface area contributed by atoms with Crippen molar-refractivity contribution in [3.63, 3.8) is 0 Å². The van der Waals surface area contributed by atoms with Gasteiger partial charge in [0.15, 0.2) is 0 Å². The fourth-order valence-corrected chi connectivity index (χ4v) is 2.30. The zero-order valence-corrected chi connectivity index (χ0v) is 11.5. The molecule has 1 aliphatic rings. The molecule has 18 heavy (non-hydrogen) atoms. The van der Waals surface area contributed by atoms with Crippen LogP contribution in [0.4, 0.5) is 0 Å². The van der Waals surface area contributed by atoms with Gasteiger partial charge in [0.2, 0.25) is 0 Å². The molecular weight excluding hydrogens is 226 g/mol. The zero-order chi connectivity index (χ0) is 13.0. The van der Waals surface area contributed by atoms with Crippen LogP contribution in [0.5, 0.6) is 0 Å². The molecule has 0 saturated carbocycles. The Morgan fingerprint density at radius 2 is 2.17 bits per heavy atom. The van der Waals surface area contributed by atoms with E-state index in [9.17, 15) is 0 Å². The van der Waals surface area contributed by atoms with Crippen LogP contribution in [0.2, 0.25) is 0 Å². The molecule has 1 saturated heterocycles. The molecule has 100 valence electrons. The summed E-state index contributed by atoms with van der Waals surface area (Å²) in [7, 11) is 0. The Morgan fingerprint density at radius 3 is 2.89 bits per heavy atom. The highest BCUT2D eigenvalue weighted by Gasteiger charge is 2.16. The fourth-order valence-electron chi connectivity index (χ4n) is 2.30. The maximum atomic E-state index is 5.63. The molecule has 0 radical (unpaired) electrons. The summed E-state index contributed by atoms with van der Waals surface area (Å²) in [4.78, 5) is 0. The Hall–Kier alpha value is -0.900. The number of aryl methyl sites for hydroxylation is 2. The van der Waals surface area contributed by atoms with E-state index in [1.165, 1.54) is 16.7 Å². The Balaban J connectivity index is 1.90. The van der Waals surface area contributed by atoms with Gasteiger partial charge < -0.3 is 14.8 Å². The number of rotatable bonds is 4. The molecule has 0 bridgehead atoms. The third kappa shape index (κ3) is 3.55. The zero-order valence-electron chi connectivity index (χ0n) is 11.5. The van der Waals surface area contributed by atoms with Crippen LogP contribution in [0.3, 0.4) is 0 Å². The van der Waals surface area contributed by atoms with E-state index in [2.05, 4.69) is 44.3 Å². The Morgan fingerprint density at radius 1 is 1.33 bits per heavy atom. The molecule has 0 aromatic heterocycles. The molecule has 2 rings (SSSR count). The lowest BCUT2D eigenvalue weighted by Gasteiger charge is -2.25. The first-order valence-electron chi connectivity index (χ1n) is 6.66. The van der Waals surface area contributed by atoms with E-state index in [0.717, 1.165) is 13.2 Å². The molecule has 0 spiro atoms. The van der Waals surface area contributed by atoms with Gasteiger partial charge in [-0.2, -0.15) is 0 Å². The lowest BCUT2D eigenvalue weighted by atomic mass is 10.00. The summed E-state index contributed by atoms with van der Waals surface area (Å²) >= 11 is 0. The minimum absolute atomic E-state index is 0.186. The van der Waals surface area contributed by atoms with Gasteiger partial charge in [-0.3, -0.25) is 0 Å². The van der Waals surface area contributed by atoms with Gasteiger partial charge in [0.25, 0.3) is 0 Å². The molecule has 0 aliphatic carbocycles. The van der Waals surface area contributed by atoms with Crippen LogP contribution in [-0.4, -0.2) is 32.5 Å². The van der Waals surface area contributed by atoms with Crippen molar-refractivity contribution in [3.8, 4) is 0 Å². The molecule has 2 atom stereocenters. The molecule has 3 heteroatoms. The van der Waals surface area contributed by atoms with Crippen molar-refractivity contribution in [2.75, 3.05) is 26.4 Å². The van der Waals surface area contributed by atoms with Crippen molar-refractivity contribution in [1.82, 2.24) is 5.32 Å². The lowest BCUT2D eigenvalue weighted by molar-refractivity contribution is -0.0869. The second kappa shape index (κ2) is 6.32. The summed E-state index contributed by atoms with van der Waals surface area (Å²) in [6.07, 6.45) is 0.186. The molecule has 1 fully saturated rings. The lowest BCUT2D eigenvalue weighted by Crippen LogP contribution is -2.38. The largest absolute Gasteiger partial charge is 0.376 e. The second-order valence-electron chi connectivity index (χ2n) is 5.06. The summed E-state index contributed by atoms with van der Waals surface area (Å²) in [5.41, 5.74) is 4.01. The van der Waals surface area contributed by atoms with E-state index in [-0.39, 0.29) is 6.10 Å². The first kappa shape index (κ1) is 13.5. The van der Waals surface area contributed by atoms with Crippen molar-refractivity contribution >= 4 is 0 Å². The highest BCUT2D eigenvalue weighted by Crippen LogP contribution is 2.19. The molecule has 3 nitrogen and oxygen atoms in total. The standard InChI is InChI=1S/C15H23NO2/c1-11-4-5-12(2)15(8-11)13(3)16-9-14-10-17-6-7-18-14/h4-5,8,13-14,16H,6-7,9-10H2,1-3H3. The van der Waals surface area contributed by atoms with E-state index in [4.69, 9.17) is 9.47 Å². The van der Waals surface area contributed by atoms with Crippen LogP contribution in [0.1, 0.15) is 29.7 Å². The number of hydrogen-bond acceptors (Lipinski definition) is 3. The van der Waals surface area contributed by atoms with Gasteiger partial charge in [0.1, 0.15) is 0 Å². The first-order valence-corrected chi connectivity index (χ1v) is 6.66. The van der Waals surface area contributed by atoms with Crippen LogP contribution >= 0.6 is 0 Å². The fraction of sp³-hybridized carbons (Fsp3) is 0.600. The normalized spacial score (nSPS) is 21.8. The van der Waals surface area contributed by atoms with Gasteiger partial charge in [0, 0.05) is 12.6 Å². The van der Waals surface area contributed by atoms with Crippen molar-refractivity contribution in [2.24, 2.45) is 0 Å². The molecular formula is C15H23NO2. The predicted molar refractivity (Wildman–Crippen MR) is 72.9 cm³/mol. The third-order valence-corrected chi connectivity index (χ3v) is 3.44. The second-order valence-corrected chi connectivity index (χ2v) is 5.06. The SMILES string of the molecule is Cc1ccc(C)c(C(C)NCC2COCCO2)c1. The van der Waals surface area contributed by atoms with Crippen LogP contribution in [-0.2, 0) is 9.47 Å². The van der Waals surface area contributed by atoms with E-state index in [1.807, 2.05) is 0 Å². The van der Waals surface area contributed by atoms with Crippen LogP contribution in [0.25, 0.3) is 0 Å². The number of nitrogens with one attached hydrogen (secondary N) is 1. The van der Waals surface area contributed by atoms with Gasteiger partial charge in [-0.05, 0) is 31.9 Å². The highest BCUT2D eigenvalue weighted by molar-refractivity contribution is 5.32. The number of ether oxygens (including phenoxy) is 2.